The van der Waals surface area contributed by atoms with Crippen molar-refractivity contribution in [2.45, 2.75) is 13.5 Å². The summed E-state index contributed by atoms with van der Waals surface area (Å²) in [6, 6.07) is 12.6. The normalized spacial score (nSPS) is 11.6. The van der Waals surface area contributed by atoms with Crippen LogP contribution in [0.4, 0.5) is 0 Å². The summed E-state index contributed by atoms with van der Waals surface area (Å²) < 4.78 is 13.8. The number of fused-ring (bicyclic) bond motifs is 1. The quantitative estimate of drug-likeness (QED) is 0.556. The van der Waals surface area contributed by atoms with Gasteiger partial charge < -0.3 is 14.0 Å². The SMILES string of the molecule is CCOc1ccccc1C(=O)N=c1sc2cc(Br)ccc2n1CC(=O)OC. The van der Waals surface area contributed by atoms with Crippen LogP contribution in [0.15, 0.2) is 51.9 Å². The van der Waals surface area contributed by atoms with E-state index >= 15 is 0 Å². The molecular weight excluding hydrogens is 432 g/mol. The number of thiazole rings is 1. The van der Waals surface area contributed by atoms with Crippen molar-refractivity contribution in [3.63, 3.8) is 0 Å². The number of para-hydroxylation sites is 1. The molecule has 0 aliphatic rings. The van der Waals surface area contributed by atoms with E-state index < -0.39 is 11.9 Å². The topological polar surface area (TPSA) is 69.9 Å². The lowest BCUT2D eigenvalue weighted by atomic mass is 10.2. The second-order valence-electron chi connectivity index (χ2n) is 5.51. The number of rotatable bonds is 5. The van der Waals surface area contributed by atoms with Crippen LogP contribution in [0.1, 0.15) is 17.3 Å². The molecule has 1 heterocycles. The van der Waals surface area contributed by atoms with Gasteiger partial charge in [0.1, 0.15) is 12.3 Å². The fourth-order valence-corrected chi connectivity index (χ4v) is 4.13. The fourth-order valence-electron chi connectivity index (χ4n) is 2.55. The third-order valence-electron chi connectivity index (χ3n) is 3.77. The molecule has 0 aliphatic heterocycles. The Hall–Kier alpha value is -2.45. The molecule has 6 nitrogen and oxygen atoms in total. The molecule has 140 valence electrons. The summed E-state index contributed by atoms with van der Waals surface area (Å²) >= 11 is 4.77. The number of ether oxygens (including phenoxy) is 2. The number of hydrogen-bond donors (Lipinski definition) is 0. The molecule has 0 N–H and O–H groups in total. The van der Waals surface area contributed by atoms with E-state index in [1.54, 1.807) is 28.8 Å². The van der Waals surface area contributed by atoms with Crippen molar-refractivity contribution in [2.75, 3.05) is 13.7 Å². The van der Waals surface area contributed by atoms with Gasteiger partial charge in [0, 0.05) is 4.47 Å². The highest BCUT2D eigenvalue weighted by molar-refractivity contribution is 9.10. The molecule has 0 fully saturated rings. The second-order valence-corrected chi connectivity index (χ2v) is 7.43. The lowest BCUT2D eigenvalue weighted by Gasteiger charge is -2.07. The average molecular weight is 449 g/mol. The summed E-state index contributed by atoms with van der Waals surface area (Å²) in [5.74, 6) is -0.360. The molecule has 0 spiro atoms. The molecule has 1 aromatic heterocycles. The minimum Gasteiger partial charge on any atom is -0.493 e. The molecule has 27 heavy (non-hydrogen) atoms. The molecule has 8 heteroatoms. The standard InChI is InChI=1S/C19H17BrN2O4S/c1-3-26-15-7-5-4-6-13(15)18(24)21-19-22(11-17(23)25-2)14-9-8-12(20)10-16(14)27-19/h4-10H,3,11H2,1-2H3. The zero-order valence-corrected chi connectivity index (χ0v) is 17.2. The molecule has 0 atom stereocenters. The summed E-state index contributed by atoms with van der Waals surface area (Å²) in [5, 5.41) is 0. The molecule has 0 radical (unpaired) electrons. The third-order valence-corrected chi connectivity index (χ3v) is 5.31. The maximum absolute atomic E-state index is 12.8. The van der Waals surface area contributed by atoms with Crippen molar-refractivity contribution in [3.05, 3.63) is 57.3 Å². The van der Waals surface area contributed by atoms with Crippen LogP contribution in [0.3, 0.4) is 0 Å². The summed E-state index contributed by atoms with van der Waals surface area (Å²) in [6.45, 7) is 2.27. The maximum atomic E-state index is 12.8. The second kappa shape index (κ2) is 8.49. The van der Waals surface area contributed by atoms with Crippen LogP contribution >= 0.6 is 27.3 Å². The summed E-state index contributed by atoms with van der Waals surface area (Å²) in [7, 11) is 1.33. The van der Waals surface area contributed by atoms with Crippen LogP contribution in [-0.2, 0) is 16.1 Å². The van der Waals surface area contributed by atoms with E-state index in [0.717, 1.165) is 14.7 Å². The minimum absolute atomic E-state index is 0.0304. The summed E-state index contributed by atoms with van der Waals surface area (Å²) in [4.78, 5) is 29.3. The molecule has 0 bridgehead atoms. The molecule has 3 aromatic rings. The van der Waals surface area contributed by atoms with Crippen LogP contribution in [0.2, 0.25) is 0 Å². The Balaban J connectivity index is 2.13. The Kier molecular flexibility index (Phi) is 6.08. The highest BCUT2D eigenvalue weighted by atomic mass is 79.9. The van der Waals surface area contributed by atoms with E-state index in [4.69, 9.17) is 9.47 Å². The molecule has 0 saturated heterocycles. The van der Waals surface area contributed by atoms with Crippen molar-refractivity contribution < 1.29 is 19.1 Å². The Morgan fingerprint density at radius 1 is 1.22 bits per heavy atom. The number of methoxy groups -OCH3 is 1. The minimum atomic E-state index is -0.428. The van der Waals surface area contributed by atoms with Gasteiger partial charge in [-0.05, 0) is 37.3 Å². The van der Waals surface area contributed by atoms with Crippen molar-refractivity contribution in [2.24, 2.45) is 4.99 Å². The van der Waals surface area contributed by atoms with Gasteiger partial charge in [0.15, 0.2) is 4.80 Å². The predicted molar refractivity (Wildman–Crippen MR) is 107 cm³/mol. The number of hydrogen-bond acceptors (Lipinski definition) is 5. The Labute approximate surface area is 168 Å². The van der Waals surface area contributed by atoms with Gasteiger partial charge in [-0.1, -0.05) is 39.4 Å². The molecule has 0 saturated carbocycles. The van der Waals surface area contributed by atoms with Gasteiger partial charge in [0.05, 0.1) is 29.5 Å². The predicted octanol–water partition coefficient (Wildman–Crippen LogP) is 3.78. The van der Waals surface area contributed by atoms with Gasteiger partial charge >= 0.3 is 5.97 Å². The van der Waals surface area contributed by atoms with E-state index in [2.05, 4.69) is 20.9 Å². The van der Waals surface area contributed by atoms with E-state index in [-0.39, 0.29) is 6.54 Å². The lowest BCUT2D eigenvalue weighted by Crippen LogP contribution is -2.22. The van der Waals surface area contributed by atoms with Crippen LogP contribution < -0.4 is 9.54 Å². The van der Waals surface area contributed by atoms with E-state index in [9.17, 15) is 9.59 Å². The van der Waals surface area contributed by atoms with Gasteiger partial charge in [-0.3, -0.25) is 9.59 Å². The molecular formula is C19H17BrN2O4S. The zero-order valence-electron chi connectivity index (χ0n) is 14.8. The Morgan fingerprint density at radius 3 is 2.74 bits per heavy atom. The zero-order chi connectivity index (χ0) is 19.4. The molecule has 0 unspecified atom stereocenters. The number of aromatic nitrogens is 1. The van der Waals surface area contributed by atoms with E-state index in [0.29, 0.717) is 22.7 Å². The largest absolute Gasteiger partial charge is 0.493 e. The number of esters is 1. The highest BCUT2D eigenvalue weighted by Gasteiger charge is 2.15. The Morgan fingerprint density at radius 2 is 2.00 bits per heavy atom. The molecule has 2 aromatic carbocycles. The van der Waals surface area contributed by atoms with Gasteiger partial charge in [-0.25, -0.2) is 0 Å². The van der Waals surface area contributed by atoms with Gasteiger partial charge in [0.25, 0.3) is 5.91 Å². The highest BCUT2D eigenvalue weighted by Crippen LogP contribution is 2.23. The molecule has 3 rings (SSSR count). The van der Waals surface area contributed by atoms with E-state index in [1.807, 2.05) is 25.1 Å². The first kappa shape index (κ1) is 19.3. The van der Waals surface area contributed by atoms with Crippen LogP contribution in [0.25, 0.3) is 10.2 Å². The number of amides is 1. The van der Waals surface area contributed by atoms with Crippen molar-refractivity contribution in [1.82, 2.24) is 4.57 Å². The summed E-state index contributed by atoms with van der Waals surface area (Å²) in [6.07, 6.45) is 0. The number of carbonyl (C=O) groups excluding carboxylic acids is 2. The first-order chi connectivity index (χ1) is 13.0. The van der Waals surface area contributed by atoms with Crippen molar-refractivity contribution in [3.8, 4) is 5.75 Å². The first-order valence-corrected chi connectivity index (χ1v) is 9.81. The van der Waals surface area contributed by atoms with E-state index in [1.165, 1.54) is 18.4 Å². The molecule has 0 aliphatic carbocycles. The van der Waals surface area contributed by atoms with Crippen molar-refractivity contribution in [1.29, 1.82) is 0 Å². The fraction of sp³-hybridized carbons (Fsp3) is 0.211. The number of halogens is 1. The van der Waals surface area contributed by atoms with Gasteiger partial charge in [0.2, 0.25) is 0 Å². The third kappa shape index (κ3) is 4.28. The average Bonchev–Trinajstić information content (AvgIpc) is 2.98. The van der Waals surface area contributed by atoms with Gasteiger partial charge in [-0.2, -0.15) is 4.99 Å². The number of nitrogens with zero attached hydrogens (tertiary/aromatic N) is 2. The van der Waals surface area contributed by atoms with Crippen molar-refractivity contribution >= 4 is 49.4 Å². The van der Waals surface area contributed by atoms with Crippen LogP contribution in [0.5, 0.6) is 5.75 Å². The maximum Gasteiger partial charge on any atom is 0.325 e. The molecule has 1 amide bonds. The first-order valence-electron chi connectivity index (χ1n) is 8.20. The number of carbonyl (C=O) groups is 2. The van der Waals surface area contributed by atoms with Crippen LogP contribution in [0, 0.1) is 0 Å². The lowest BCUT2D eigenvalue weighted by molar-refractivity contribution is -0.141. The summed E-state index contributed by atoms with van der Waals surface area (Å²) in [5.41, 5.74) is 1.18. The Bertz CT molecular complexity index is 1070. The van der Waals surface area contributed by atoms with Crippen LogP contribution in [-0.4, -0.2) is 30.2 Å². The monoisotopic (exact) mass is 448 g/mol. The smallest absolute Gasteiger partial charge is 0.325 e. The number of benzene rings is 2. The van der Waals surface area contributed by atoms with Gasteiger partial charge in [-0.15, -0.1) is 0 Å².